The first-order valence-corrected chi connectivity index (χ1v) is 8.59. The highest BCUT2D eigenvalue weighted by Crippen LogP contribution is 2.18. The molecule has 0 unspecified atom stereocenters. The van der Waals surface area contributed by atoms with Crippen LogP contribution in [-0.2, 0) is 17.8 Å². The van der Waals surface area contributed by atoms with E-state index in [1.165, 1.54) is 12.1 Å². The first-order valence-electron chi connectivity index (χ1n) is 8.59. The number of aromatic nitrogens is 1. The maximum atomic E-state index is 13.2. The second-order valence-corrected chi connectivity index (χ2v) is 6.17. The monoisotopic (exact) mass is 353 g/mol. The van der Waals surface area contributed by atoms with Crippen molar-refractivity contribution in [1.82, 2.24) is 4.98 Å². The van der Waals surface area contributed by atoms with Gasteiger partial charge in [0.05, 0.1) is 11.2 Å². The predicted octanol–water partition coefficient (Wildman–Crippen LogP) is 4.75. The number of carboxylic acid groups (broad SMARTS) is 1. The van der Waals surface area contributed by atoms with E-state index in [-0.39, 0.29) is 12.2 Å². The lowest BCUT2D eigenvalue weighted by atomic mass is 10.1. The zero-order chi connectivity index (χ0) is 18.4. The van der Waals surface area contributed by atoms with Crippen LogP contribution in [0.2, 0.25) is 0 Å². The normalized spacial score (nSPS) is 10.8. The summed E-state index contributed by atoms with van der Waals surface area (Å²) in [4.78, 5) is 15.0. The van der Waals surface area contributed by atoms with Crippen molar-refractivity contribution in [3.63, 3.8) is 0 Å². The van der Waals surface area contributed by atoms with E-state index in [1.807, 2.05) is 36.4 Å². The molecule has 0 fully saturated rings. The summed E-state index contributed by atoms with van der Waals surface area (Å²) in [6.07, 6.45) is 2.61. The van der Waals surface area contributed by atoms with Crippen LogP contribution in [0.1, 0.15) is 30.5 Å². The van der Waals surface area contributed by atoms with Crippen molar-refractivity contribution in [3.05, 3.63) is 71.7 Å². The molecule has 134 valence electrons. The Morgan fingerprint density at radius 3 is 2.62 bits per heavy atom. The molecule has 0 aliphatic rings. The molecule has 1 heterocycles. The molecule has 0 spiro atoms. The number of pyridine rings is 1. The average molecular weight is 353 g/mol. The lowest BCUT2D eigenvalue weighted by molar-refractivity contribution is -0.137. The van der Waals surface area contributed by atoms with Crippen molar-refractivity contribution in [2.45, 2.75) is 32.3 Å². The Morgan fingerprint density at radius 2 is 1.85 bits per heavy atom. The summed E-state index contributed by atoms with van der Waals surface area (Å²) < 4.78 is 19.0. The third kappa shape index (κ3) is 5.02. The maximum absolute atomic E-state index is 13.2. The van der Waals surface area contributed by atoms with Gasteiger partial charge in [0.2, 0.25) is 0 Å². The molecule has 0 aliphatic heterocycles. The number of fused-ring (bicyclic) bond motifs is 1. The number of hydrogen-bond donors (Lipinski definition) is 1. The molecule has 0 aliphatic carbocycles. The third-order valence-corrected chi connectivity index (χ3v) is 4.13. The van der Waals surface area contributed by atoms with Crippen molar-refractivity contribution in [3.8, 4) is 5.75 Å². The number of benzene rings is 2. The second kappa shape index (κ2) is 8.43. The van der Waals surface area contributed by atoms with Crippen LogP contribution in [0.3, 0.4) is 0 Å². The molecular weight excluding hydrogens is 333 g/mol. The quantitative estimate of drug-likeness (QED) is 0.594. The zero-order valence-corrected chi connectivity index (χ0v) is 14.3. The fourth-order valence-corrected chi connectivity index (χ4v) is 2.73. The van der Waals surface area contributed by atoms with Crippen molar-refractivity contribution >= 4 is 16.9 Å². The summed E-state index contributed by atoms with van der Waals surface area (Å²) >= 11 is 0. The minimum absolute atomic E-state index is 0.215. The molecule has 0 atom stereocenters. The van der Waals surface area contributed by atoms with Crippen molar-refractivity contribution in [2.75, 3.05) is 0 Å². The number of halogens is 1. The third-order valence-electron chi connectivity index (χ3n) is 4.13. The molecule has 5 heteroatoms. The molecule has 0 saturated heterocycles. The van der Waals surface area contributed by atoms with Crippen molar-refractivity contribution < 1.29 is 19.0 Å². The van der Waals surface area contributed by atoms with Crippen LogP contribution in [0.15, 0.2) is 54.6 Å². The largest absolute Gasteiger partial charge is 0.487 e. The van der Waals surface area contributed by atoms with Gasteiger partial charge in [-0.1, -0.05) is 18.2 Å². The van der Waals surface area contributed by atoms with Gasteiger partial charge in [-0.2, -0.15) is 0 Å². The molecule has 1 N–H and O–H groups in total. The smallest absolute Gasteiger partial charge is 0.303 e. The highest BCUT2D eigenvalue weighted by Gasteiger charge is 2.03. The Morgan fingerprint density at radius 1 is 1.04 bits per heavy atom. The summed E-state index contributed by atoms with van der Waals surface area (Å²) in [6.45, 7) is 0.339. The van der Waals surface area contributed by atoms with Gasteiger partial charge in [-0.05, 0) is 61.2 Å². The highest BCUT2D eigenvalue weighted by molar-refractivity contribution is 5.78. The molecule has 0 bridgehead atoms. The van der Waals surface area contributed by atoms with Crippen LogP contribution >= 0.6 is 0 Å². The SMILES string of the molecule is O=C(O)CCCCc1ccc(OCc2ccc3cc(F)ccc3n2)cc1. The standard InChI is InChI=1S/C21H20FNO3/c22-17-8-12-20-16(13-17)7-9-18(23-20)14-26-19-10-5-15(6-11-19)3-1-2-4-21(24)25/h5-13H,1-4,14H2,(H,24,25). The van der Waals surface area contributed by atoms with Gasteiger partial charge in [-0.25, -0.2) is 9.37 Å². The Labute approximate surface area is 151 Å². The summed E-state index contributed by atoms with van der Waals surface area (Å²) in [5.74, 6) is -0.271. The fourth-order valence-electron chi connectivity index (χ4n) is 2.73. The molecular formula is C21H20FNO3. The van der Waals surface area contributed by atoms with Gasteiger partial charge in [0.25, 0.3) is 0 Å². The van der Waals surface area contributed by atoms with E-state index in [0.29, 0.717) is 13.0 Å². The van der Waals surface area contributed by atoms with E-state index in [9.17, 15) is 9.18 Å². The summed E-state index contributed by atoms with van der Waals surface area (Å²) in [5, 5.41) is 9.40. The zero-order valence-electron chi connectivity index (χ0n) is 14.3. The molecule has 0 amide bonds. The number of rotatable bonds is 8. The molecule has 4 nitrogen and oxygen atoms in total. The van der Waals surface area contributed by atoms with Crippen LogP contribution in [-0.4, -0.2) is 16.1 Å². The van der Waals surface area contributed by atoms with E-state index in [4.69, 9.17) is 9.84 Å². The number of unbranched alkanes of at least 4 members (excludes halogenated alkanes) is 1. The summed E-state index contributed by atoms with van der Waals surface area (Å²) in [6, 6.07) is 16.0. The van der Waals surface area contributed by atoms with E-state index >= 15 is 0 Å². The molecule has 3 aromatic rings. The van der Waals surface area contributed by atoms with E-state index in [0.717, 1.165) is 40.8 Å². The summed E-state index contributed by atoms with van der Waals surface area (Å²) in [5.41, 5.74) is 2.68. The fraction of sp³-hybridized carbons (Fsp3) is 0.238. The molecule has 26 heavy (non-hydrogen) atoms. The van der Waals surface area contributed by atoms with Gasteiger partial charge >= 0.3 is 5.97 Å². The second-order valence-electron chi connectivity index (χ2n) is 6.17. The Kier molecular flexibility index (Phi) is 5.79. The molecule has 0 radical (unpaired) electrons. The van der Waals surface area contributed by atoms with Gasteiger partial charge in [0.15, 0.2) is 0 Å². The number of ether oxygens (including phenoxy) is 1. The Hall–Kier alpha value is -2.95. The van der Waals surface area contributed by atoms with Gasteiger partial charge in [0, 0.05) is 11.8 Å². The van der Waals surface area contributed by atoms with Crippen LogP contribution in [0.25, 0.3) is 10.9 Å². The Bertz CT molecular complexity index is 893. The average Bonchev–Trinajstić information content (AvgIpc) is 2.64. The lowest BCUT2D eigenvalue weighted by Crippen LogP contribution is -1.99. The number of hydrogen-bond acceptors (Lipinski definition) is 3. The predicted molar refractivity (Wildman–Crippen MR) is 97.7 cm³/mol. The van der Waals surface area contributed by atoms with Crippen molar-refractivity contribution in [2.24, 2.45) is 0 Å². The first kappa shape index (κ1) is 17.9. The van der Waals surface area contributed by atoms with E-state index in [2.05, 4.69) is 4.98 Å². The van der Waals surface area contributed by atoms with Crippen LogP contribution < -0.4 is 4.74 Å². The highest BCUT2D eigenvalue weighted by atomic mass is 19.1. The van der Waals surface area contributed by atoms with Gasteiger partial charge in [0.1, 0.15) is 18.2 Å². The minimum Gasteiger partial charge on any atom is -0.487 e. The van der Waals surface area contributed by atoms with Gasteiger partial charge in [-0.3, -0.25) is 4.79 Å². The van der Waals surface area contributed by atoms with Gasteiger partial charge < -0.3 is 9.84 Å². The Balaban J connectivity index is 1.53. The van der Waals surface area contributed by atoms with E-state index in [1.54, 1.807) is 6.07 Å². The molecule has 2 aromatic carbocycles. The molecule has 1 aromatic heterocycles. The number of nitrogens with zero attached hydrogens (tertiary/aromatic N) is 1. The number of aliphatic carboxylic acids is 1. The number of carbonyl (C=O) groups is 1. The van der Waals surface area contributed by atoms with E-state index < -0.39 is 5.97 Å². The van der Waals surface area contributed by atoms with Crippen LogP contribution in [0.4, 0.5) is 4.39 Å². The first-order chi connectivity index (χ1) is 12.6. The minimum atomic E-state index is -0.749. The summed E-state index contributed by atoms with van der Waals surface area (Å²) in [7, 11) is 0. The van der Waals surface area contributed by atoms with Crippen molar-refractivity contribution in [1.29, 1.82) is 0 Å². The molecule has 0 saturated carbocycles. The van der Waals surface area contributed by atoms with Gasteiger partial charge in [-0.15, -0.1) is 0 Å². The lowest BCUT2D eigenvalue weighted by Gasteiger charge is -2.08. The molecule has 3 rings (SSSR count). The maximum Gasteiger partial charge on any atom is 0.303 e. The van der Waals surface area contributed by atoms with Crippen LogP contribution in [0, 0.1) is 5.82 Å². The topological polar surface area (TPSA) is 59.4 Å². The van der Waals surface area contributed by atoms with Crippen LogP contribution in [0.5, 0.6) is 5.75 Å². The number of carboxylic acids is 1. The number of aryl methyl sites for hydroxylation is 1.